The van der Waals surface area contributed by atoms with Crippen molar-refractivity contribution in [3.63, 3.8) is 0 Å². The predicted molar refractivity (Wildman–Crippen MR) is 144 cm³/mol. The second-order valence-corrected chi connectivity index (χ2v) is 10.7. The van der Waals surface area contributed by atoms with E-state index in [-0.39, 0.29) is 25.2 Å². The fourth-order valence-electron chi connectivity index (χ4n) is 3.81. The number of alkyl carbamates (subject to hydrolysis) is 1. The molecule has 0 radical (unpaired) electrons. The molecule has 0 spiro atoms. The summed E-state index contributed by atoms with van der Waals surface area (Å²) in [6, 6.07) is 14.9. The molecule has 3 amide bonds. The first-order valence-corrected chi connectivity index (χ1v) is 12.7. The van der Waals surface area contributed by atoms with Gasteiger partial charge in [-0.3, -0.25) is 9.59 Å². The molecule has 3 atom stereocenters. The highest BCUT2D eigenvalue weighted by atomic mass is 16.6. The highest BCUT2D eigenvalue weighted by Crippen LogP contribution is 2.11. The summed E-state index contributed by atoms with van der Waals surface area (Å²) in [4.78, 5) is 51.0. The number of benzene rings is 2. The minimum atomic E-state index is -1.18. The van der Waals surface area contributed by atoms with Crippen LogP contribution in [0.3, 0.4) is 0 Å². The summed E-state index contributed by atoms with van der Waals surface area (Å²) in [5, 5.41) is 17.6. The van der Waals surface area contributed by atoms with Crippen LogP contribution in [0.1, 0.15) is 52.2 Å². The van der Waals surface area contributed by atoms with Crippen molar-refractivity contribution in [1.29, 1.82) is 0 Å². The molecular formula is C29H39N3O6. The minimum Gasteiger partial charge on any atom is -0.480 e. The van der Waals surface area contributed by atoms with Gasteiger partial charge in [0, 0.05) is 12.8 Å². The lowest BCUT2D eigenvalue weighted by atomic mass is 10.00. The second kappa shape index (κ2) is 14.2. The molecule has 2 aromatic carbocycles. The lowest BCUT2D eigenvalue weighted by Gasteiger charge is -2.26. The van der Waals surface area contributed by atoms with Crippen molar-refractivity contribution in [3.05, 3.63) is 71.8 Å². The van der Waals surface area contributed by atoms with Crippen LogP contribution in [0.25, 0.3) is 0 Å². The number of carboxylic acids is 1. The Hall–Kier alpha value is -3.88. The fraction of sp³-hybridized carbons (Fsp3) is 0.448. The van der Waals surface area contributed by atoms with Crippen LogP contribution < -0.4 is 16.0 Å². The summed E-state index contributed by atoms with van der Waals surface area (Å²) in [7, 11) is 0. The van der Waals surface area contributed by atoms with Crippen molar-refractivity contribution >= 4 is 23.9 Å². The average molecular weight is 526 g/mol. The number of carboxylic acid groups (broad SMARTS) is 1. The number of hydrogen-bond donors (Lipinski definition) is 4. The van der Waals surface area contributed by atoms with Crippen LogP contribution >= 0.6 is 0 Å². The molecule has 0 saturated carbocycles. The number of carbonyl (C=O) groups excluding carboxylic acids is 3. The van der Waals surface area contributed by atoms with Gasteiger partial charge < -0.3 is 25.8 Å². The van der Waals surface area contributed by atoms with Crippen LogP contribution in [-0.2, 0) is 32.0 Å². The maximum Gasteiger partial charge on any atom is 0.408 e. The Balaban J connectivity index is 2.20. The average Bonchev–Trinajstić information content (AvgIpc) is 2.82. The van der Waals surface area contributed by atoms with Gasteiger partial charge in [0.15, 0.2) is 0 Å². The normalized spacial score (nSPS) is 13.6. The first-order valence-electron chi connectivity index (χ1n) is 12.7. The van der Waals surface area contributed by atoms with Gasteiger partial charge in [-0.1, -0.05) is 74.5 Å². The third-order valence-electron chi connectivity index (χ3n) is 5.53. The maximum absolute atomic E-state index is 13.4. The number of hydrogen-bond acceptors (Lipinski definition) is 5. The van der Waals surface area contributed by atoms with Gasteiger partial charge >= 0.3 is 12.1 Å². The van der Waals surface area contributed by atoms with Crippen molar-refractivity contribution in [2.75, 3.05) is 0 Å². The second-order valence-electron chi connectivity index (χ2n) is 10.7. The Morgan fingerprint density at radius 1 is 0.737 bits per heavy atom. The fourth-order valence-corrected chi connectivity index (χ4v) is 3.81. The number of aliphatic carboxylic acids is 1. The summed E-state index contributed by atoms with van der Waals surface area (Å²) in [5.74, 6) is -2.33. The van der Waals surface area contributed by atoms with E-state index in [0.717, 1.165) is 11.1 Å². The standard InChI is InChI=1S/C29H39N3O6/c1-19(2)16-22(25(33)31-24(27(35)36)18-21-14-10-7-11-15-21)30-26(34)23(17-20-12-8-6-9-13-20)32-28(37)38-29(3,4)5/h6-15,19,22-24H,16-18H2,1-5H3,(H,30,34)(H,31,33)(H,32,37)(H,35,36)/t22-,23-,24-/m0/s1. The van der Waals surface area contributed by atoms with Crippen molar-refractivity contribution in [1.82, 2.24) is 16.0 Å². The third-order valence-corrected chi connectivity index (χ3v) is 5.53. The van der Waals surface area contributed by atoms with Gasteiger partial charge in [-0.25, -0.2) is 9.59 Å². The molecule has 2 rings (SSSR count). The highest BCUT2D eigenvalue weighted by molar-refractivity contribution is 5.93. The molecule has 9 heteroatoms. The molecule has 0 heterocycles. The summed E-state index contributed by atoms with van der Waals surface area (Å²) in [6.45, 7) is 8.94. The molecule has 4 N–H and O–H groups in total. The predicted octanol–water partition coefficient (Wildman–Crippen LogP) is 3.47. The first-order chi connectivity index (χ1) is 17.8. The number of ether oxygens (including phenoxy) is 1. The molecule has 0 bridgehead atoms. The van der Waals surface area contributed by atoms with E-state index in [4.69, 9.17) is 4.74 Å². The maximum atomic E-state index is 13.4. The molecule has 0 aromatic heterocycles. The Bertz CT molecular complexity index is 1070. The number of nitrogens with one attached hydrogen (secondary N) is 3. The van der Waals surface area contributed by atoms with Crippen LogP contribution in [0, 0.1) is 5.92 Å². The van der Waals surface area contributed by atoms with E-state index in [1.54, 1.807) is 45.0 Å². The first kappa shape index (κ1) is 30.3. The topological polar surface area (TPSA) is 134 Å². The van der Waals surface area contributed by atoms with Crippen LogP contribution in [0.4, 0.5) is 4.79 Å². The monoisotopic (exact) mass is 525 g/mol. The molecular weight excluding hydrogens is 486 g/mol. The van der Waals surface area contributed by atoms with Gasteiger partial charge in [-0.15, -0.1) is 0 Å². The smallest absolute Gasteiger partial charge is 0.408 e. The molecule has 0 unspecified atom stereocenters. The zero-order valence-electron chi connectivity index (χ0n) is 22.7. The molecule has 0 aliphatic carbocycles. The Morgan fingerprint density at radius 2 is 1.18 bits per heavy atom. The highest BCUT2D eigenvalue weighted by Gasteiger charge is 2.31. The van der Waals surface area contributed by atoms with Gasteiger partial charge in [0.2, 0.25) is 11.8 Å². The van der Waals surface area contributed by atoms with Gasteiger partial charge in [0.1, 0.15) is 23.7 Å². The van der Waals surface area contributed by atoms with Crippen LogP contribution in [-0.4, -0.2) is 52.7 Å². The van der Waals surface area contributed by atoms with Crippen molar-refractivity contribution in [2.45, 2.75) is 77.6 Å². The van der Waals surface area contributed by atoms with E-state index in [1.165, 1.54) is 0 Å². The van der Waals surface area contributed by atoms with E-state index < -0.39 is 47.6 Å². The van der Waals surface area contributed by atoms with E-state index in [2.05, 4.69) is 16.0 Å². The Morgan fingerprint density at radius 3 is 1.63 bits per heavy atom. The summed E-state index contributed by atoms with van der Waals surface area (Å²) >= 11 is 0. The molecule has 0 aliphatic heterocycles. The molecule has 206 valence electrons. The number of rotatable bonds is 12. The summed E-state index contributed by atoms with van der Waals surface area (Å²) < 4.78 is 5.33. The molecule has 0 saturated heterocycles. The zero-order chi connectivity index (χ0) is 28.3. The van der Waals surface area contributed by atoms with E-state index >= 15 is 0 Å². The number of carbonyl (C=O) groups is 4. The largest absolute Gasteiger partial charge is 0.480 e. The SMILES string of the molecule is CC(C)C[C@H](NC(=O)[C@H](Cc1ccccc1)NC(=O)OC(C)(C)C)C(=O)N[C@@H](Cc1ccccc1)C(=O)O. The number of amides is 3. The molecule has 0 aliphatic rings. The molecule has 0 fully saturated rings. The van der Waals surface area contributed by atoms with Crippen LogP contribution in [0.15, 0.2) is 60.7 Å². The van der Waals surface area contributed by atoms with Crippen molar-refractivity contribution < 1.29 is 29.0 Å². The van der Waals surface area contributed by atoms with Crippen molar-refractivity contribution in [2.24, 2.45) is 5.92 Å². The molecule has 38 heavy (non-hydrogen) atoms. The molecule has 2 aromatic rings. The molecule has 9 nitrogen and oxygen atoms in total. The minimum absolute atomic E-state index is 0.0230. The third kappa shape index (κ3) is 11.0. The van der Waals surface area contributed by atoms with Gasteiger partial charge in [0.05, 0.1) is 0 Å². The van der Waals surface area contributed by atoms with E-state index in [0.29, 0.717) is 0 Å². The van der Waals surface area contributed by atoms with Crippen LogP contribution in [0.2, 0.25) is 0 Å². The van der Waals surface area contributed by atoms with Gasteiger partial charge in [-0.05, 0) is 44.2 Å². The van der Waals surface area contributed by atoms with Crippen LogP contribution in [0.5, 0.6) is 0 Å². The Labute approximate surface area is 224 Å². The van der Waals surface area contributed by atoms with Crippen molar-refractivity contribution in [3.8, 4) is 0 Å². The zero-order valence-corrected chi connectivity index (χ0v) is 22.7. The van der Waals surface area contributed by atoms with Gasteiger partial charge in [0.25, 0.3) is 0 Å². The lowest BCUT2D eigenvalue weighted by molar-refractivity contribution is -0.142. The van der Waals surface area contributed by atoms with E-state index in [9.17, 15) is 24.3 Å². The summed E-state index contributed by atoms with van der Waals surface area (Å²) in [5.41, 5.74) is 0.805. The quantitative estimate of drug-likeness (QED) is 0.335. The van der Waals surface area contributed by atoms with Gasteiger partial charge in [-0.2, -0.15) is 0 Å². The summed E-state index contributed by atoms with van der Waals surface area (Å²) in [6.07, 6.45) is -0.207. The van der Waals surface area contributed by atoms with E-state index in [1.807, 2.05) is 50.2 Å². The lowest BCUT2D eigenvalue weighted by Crippen LogP contribution is -2.57. The Kier molecular flexibility index (Phi) is 11.3.